The van der Waals surface area contributed by atoms with Crippen LogP contribution in [-0.2, 0) is 6.54 Å². The van der Waals surface area contributed by atoms with Crippen molar-refractivity contribution in [3.8, 4) is 0 Å². The van der Waals surface area contributed by atoms with E-state index >= 15 is 0 Å². The summed E-state index contributed by atoms with van der Waals surface area (Å²) in [5, 5.41) is 7.43. The van der Waals surface area contributed by atoms with Crippen LogP contribution < -0.4 is 5.32 Å². The van der Waals surface area contributed by atoms with E-state index in [2.05, 4.69) is 26.3 Å². The van der Waals surface area contributed by atoms with Gasteiger partial charge in [0, 0.05) is 22.8 Å². The Morgan fingerprint density at radius 1 is 1.56 bits per heavy atom. The number of aromatic nitrogens is 2. The number of nitrogens with one attached hydrogen (secondary N) is 1. The monoisotopic (exact) mass is 327 g/mol. The zero-order valence-corrected chi connectivity index (χ0v) is 12.0. The highest BCUT2D eigenvalue weighted by Gasteiger charge is 2.09. The van der Waals surface area contributed by atoms with E-state index < -0.39 is 0 Å². The van der Waals surface area contributed by atoms with Gasteiger partial charge >= 0.3 is 0 Å². The van der Waals surface area contributed by atoms with E-state index in [9.17, 15) is 4.79 Å². The Morgan fingerprint density at radius 3 is 2.94 bits per heavy atom. The van der Waals surface area contributed by atoms with Crippen LogP contribution in [-0.4, -0.2) is 15.7 Å². The molecule has 0 aliphatic carbocycles. The molecule has 0 atom stereocenters. The van der Waals surface area contributed by atoms with Crippen molar-refractivity contribution in [1.29, 1.82) is 0 Å². The van der Waals surface area contributed by atoms with Gasteiger partial charge in [0.05, 0.1) is 16.9 Å². The number of anilines is 1. The molecule has 0 saturated heterocycles. The first-order valence-electron chi connectivity index (χ1n) is 5.39. The highest BCUT2D eigenvalue weighted by atomic mass is 79.9. The quantitative estimate of drug-likeness (QED) is 0.936. The third-order valence-electron chi connectivity index (χ3n) is 2.40. The first kappa shape index (κ1) is 13.1. The number of halogens is 2. The number of rotatable bonds is 3. The van der Waals surface area contributed by atoms with E-state index in [0.717, 1.165) is 6.54 Å². The van der Waals surface area contributed by atoms with E-state index in [4.69, 9.17) is 11.6 Å². The maximum atomic E-state index is 12.0. The molecular formula is C12H11BrClN3O. The second-order valence-electron chi connectivity index (χ2n) is 3.67. The largest absolute Gasteiger partial charge is 0.319 e. The molecule has 94 valence electrons. The van der Waals surface area contributed by atoms with Crippen LogP contribution in [0.25, 0.3) is 0 Å². The number of amides is 1. The number of carbonyl (C=O) groups is 1. The molecule has 1 aromatic heterocycles. The molecule has 0 unspecified atom stereocenters. The van der Waals surface area contributed by atoms with Crippen molar-refractivity contribution in [2.75, 3.05) is 5.32 Å². The van der Waals surface area contributed by atoms with Crippen LogP contribution in [0, 0.1) is 0 Å². The first-order chi connectivity index (χ1) is 8.60. The van der Waals surface area contributed by atoms with Gasteiger partial charge in [0.15, 0.2) is 0 Å². The lowest BCUT2D eigenvalue weighted by Crippen LogP contribution is -2.11. The highest BCUT2D eigenvalue weighted by molar-refractivity contribution is 9.10. The third kappa shape index (κ3) is 2.91. The summed E-state index contributed by atoms with van der Waals surface area (Å²) in [5.41, 5.74) is 1.21. The van der Waals surface area contributed by atoms with Gasteiger partial charge in [-0.05, 0) is 41.1 Å². The average molecular weight is 329 g/mol. The van der Waals surface area contributed by atoms with Gasteiger partial charge in [-0.2, -0.15) is 5.10 Å². The Labute approximate surface area is 118 Å². The van der Waals surface area contributed by atoms with Gasteiger partial charge in [-0.3, -0.25) is 9.48 Å². The van der Waals surface area contributed by atoms with Crippen LogP contribution in [0.3, 0.4) is 0 Å². The van der Waals surface area contributed by atoms with Crippen molar-refractivity contribution in [3.63, 3.8) is 0 Å². The Morgan fingerprint density at radius 2 is 2.33 bits per heavy atom. The van der Waals surface area contributed by atoms with E-state index in [0.29, 0.717) is 20.7 Å². The predicted molar refractivity (Wildman–Crippen MR) is 75.0 cm³/mol. The standard InChI is InChI=1S/C12H11BrClN3O/c1-2-17-7-9(6-15-17)16-12(18)8-3-4-11(14)10(13)5-8/h3-7H,2H2,1H3,(H,16,18). The van der Waals surface area contributed by atoms with Gasteiger partial charge in [-0.25, -0.2) is 0 Å². The summed E-state index contributed by atoms with van der Waals surface area (Å²) >= 11 is 9.16. The van der Waals surface area contributed by atoms with Crippen LogP contribution >= 0.6 is 27.5 Å². The molecule has 1 N–H and O–H groups in total. The molecule has 0 fully saturated rings. The molecule has 1 aromatic carbocycles. The Balaban J connectivity index is 2.14. The Hall–Kier alpha value is -1.33. The molecule has 2 aromatic rings. The molecule has 0 bridgehead atoms. The molecular weight excluding hydrogens is 318 g/mol. The molecule has 1 heterocycles. The molecule has 1 amide bonds. The van der Waals surface area contributed by atoms with Crippen LogP contribution in [0.15, 0.2) is 35.1 Å². The van der Waals surface area contributed by atoms with Gasteiger partial charge < -0.3 is 5.32 Å². The normalized spacial score (nSPS) is 10.4. The lowest BCUT2D eigenvalue weighted by atomic mass is 10.2. The van der Waals surface area contributed by atoms with Crippen molar-refractivity contribution in [1.82, 2.24) is 9.78 Å². The fraction of sp³-hybridized carbons (Fsp3) is 0.167. The van der Waals surface area contributed by atoms with E-state index in [-0.39, 0.29) is 5.91 Å². The molecule has 0 radical (unpaired) electrons. The fourth-order valence-corrected chi connectivity index (χ4v) is 1.94. The summed E-state index contributed by atoms with van der Waals surface area (Å²) < 4.78 is 2.44. The zero-order valence-electron chi connectivity index (χ0n) is 9.65. The maximum Gasteiger partial charge on any atom is 0.255 e. The molecule has 2 rings (SSSR count). The fourth-order valence-electron chi connectivity index (χ4n) is 1.44. The van der Waals surface area contributed by atoms with Gasteiger partial charge in [-0.1, -0.05) is 11.6 Å². The van der Waals surface area contributed by atoms with Crippen LogP contribution in [0.2, 0.25) is 5.02 Å². The maximum absolute atomic E-state index is 12.0. The molecule has 0 aliphatic rings. The number of hydrogen-bond acceptors (Lipinski definition) is 2. The second kappa shape index (κ2) is 5.54. The summed E-state index contributed by atoms with van der Waals surface area (Å²) in [6, 6.07) is 5.03. The van der Waals surface area contributed by atoms with Crippen molar-refractivity contribution < 1.29 is 4.79 Å². The van der Waals surface area contributed by atoms with Crippen LogP contribution in [0.4, 0.5) is 5.69 Å². The predicted octanol–water partition coefficient (Wildman–Crippen LogP) is 3.57. The van der Waals surface area contributed by atoms with Gasteiger partial charge in [0.1, 0.15) is 0 Å². The van der Waals surface area contributed by atoms with E-state index in [1.54, 1.807) is 35.3 Å². The van der Waals surface area contributed by atoms with Crippen LogP contribution in [0.1, 0.15) is 17.3 Å². The molecule has 6 heteroatoms. The summed E-state index contributed by atoms with van der Waals surface area (Å²) in [6.45, 7) is 2.75. The van der Waals surface area contributed by atoms with Gasteiger partial charge in [0.25, 0.3) is 5.91 Å². The minimum atomic E-state index is -0.192. The second-order valence-corrected chi connectivity index (χ2v) is 4.93. The molecule has 18 heavy (non-hydrogen) atoms. The Kier molecular flexibility index (Phi) is 4.04. The highest BCUT2D eigenvalue weighted by Crippen LogP contribution is 2.23. The minimum absolute atomic E-state index is 0.192. The molecule has 4 nitrogen and oxygen atoms in total. The average Bonchev–Trinajstić information content (AvgIpc) is 2.80. The van der Waals surface area contributed by atoms with Gasteiger partial charge in [-0.15, -0.1) is 0 Å². The molecule has 0 aliphatic heterocycles. The SMILES string of the molecule is CCn1cc(NC(=O)c2ccc(Cl)c(Br)c2)cn1. The molecule has 0 spiro atoms. The first-order valence-corrected chi connectivity index (χ1v) is 6.56. The molecule has 0 saturated carbocycles. The number of aryl methyl sites for hydroxylation is 1. The summed E-state index contributed by atoms with van der Waals surface area (Å²) in [7, 11) is 0. The van der Waals surface area contributed by atoms with Crippen LogP contribution in [0.5, 0.6) is 0 Å². The van der Waals surface area contributed by atoms with E-state index in [1.165, 1.54) is 0 Å². The summed E-state index contributed by atoms with van der Waals surface area (Å²) in [5.74, 6) is -0.192. The summed E-state index contributed by atoms with van der Waals surface area (Å²) in [4.78, 5) is 12.0. The number of nitrogens with zero attached hydrogens (tertiary/aromatic N) is 2. The topological polar surface area (TPSA) is 46.9 Å². The number of hydrogen-bond donors (Lipinski definition) is 1. The van der Waals surface area contributed by atoms with Crippen molar-refractivity contribution in [2.45, 2.75) is 13.5 Å². The van der Waals surface area contributed by atoms with Crippen molar-refractivity contribution in [2.24, 2.45) is 0 Å². The van der Waals surface area contributed by atoms with Crippen molar-refractivity contribution in [3.05, 3.63) is 45.7 Å². The number of benzene rings is 1. The lowest BCUT2D eigenvalue weighted by molar-refractivity contribution is 0.102. The number of carbonyl (C=O) groups excluding carboxylic acids is 1. The Bertz CT molecular complexity index is 582. The smallest absolute Gasteiger partial charge is 0.255 e. The lowest BCUT2D eigenvalue weighted by Gasteiger charge is -2.03. The minimum Gasteiger partial charge on any atom is -0.319 e. The summed E-state index contributed by atoms with van der Waals surface area (Å²) in [6.07, 6.45) is 3.40. The third-order valence-corrected chi connectivity index (χ3v) is 3.61. The van der Waals surface area contributed by atoms with Crippen molar-refractivity contribution >= 4 is 39.1 Å². The van der Waals surface area contributed by atoms with Gasteiger partial charge in [0.2, 0.25) is 0 Å². The zero-order chi connectivity index (χ0) is 13.1. The van der Waals surface area contributed by atoms with E-state index in [1.807, 2.05) is 6.92 Å².